The number of aromatic nitrogens is 1. The first kappa shape index (κ1) is 20.9. The highest BCUT2D eigenvalue weighted by Crippen LogP contribution is 2.32. The normalized spacial score (nSPS) is 13.4. The third-order valence-corrected chi connectivity index (χ3v) is 5.95. The number of hydrogen-bond acceptors (Lipinski definition) is 6. The lowest BCUT2D eigenvalue weighted by molar-refractivity contribution is -0.384. The van der Waals surface area contributed by atoms with Gasteiger partial charge in [-0.05, 0) is 36.6 Å². The number of halogens is 2. The lowest BCUT2D eigenvalue weighted by Crippen LogP contribution is -2.19. The van der Waals surface area contributed by atoms with Crippen molar-refractivity contribution >= 4 is 33.8 Å². The van der Waals surface area contributed by atoms with E-state index >= 15 is 0 Å². The molecule has 1 N–H and O–H groups in total. The number of carbonyl (C=O) groups is 1. The molecule has 160 valence electrons. The molecule has 1 amide bonds. The number of anilines is 2. The molecule has 3 aromatic rings. The zero-order valence-electron chi connectivity index (χ0n) is 16.3. The minimum absolute atomic E-state index is 0.110. The Labute approximate surface area is 180 Å². The van der Waals surface area contributed by atoms with E-state index in [9.17, 15) is 23.7 Å². The summed E-state index contributed by atoms with van der Waals surface area (Å²) >= 11 is 1.15. The van der Waals surface area contributed by atoms with Crippen LogP contribution in [0.25, 0.3) is 0 Å². The first-order valence-electron chi connectivity index (χ1n) is 9.64. The first-order chi connectivity index (χ1) is 14.9. The van der Waals surface area contributed by atoms with E-state index in [-0.39, 0.29) is 22.8 Å². The number of hydrogen-bond donors (Lipinski definition) is 1. The smallest absolute Gasteiger partial charge is 0.293 e. The van der Waals surface area contributed by atoms with Gasteiger partial charge in [0.05, 0.1) is 4.92 Å². The van der Waals surface area contributed by atoms with Crippen molar-refractivity contribution in [3.05, 3.63) is 80.3 Å². The Balaban J connectivity index is 1.48. The van der Waals surface area contributed by atoms with E-state index in [0.29, 0.717) is 16.1 Å². The van der Waals surface area contributed by atoms with Crippen LogP contribution in [0.15, 0.2) is 42.6 Å². The van der Waals surface area contributed by atoms with Gasteiger partial charge in [0.15, 0.2) is 5.13 Å². The number of nitrogens with zero attached hydrogens (tertiary/aromatic N) is 3. The number of thiazole rings is 1. The van der Waals surface area contributed by atoms with Crippen LogP contribution in [0.2, 0.25) is 0 Å². The summed E-state index contributed by atoms with van der Waals surface area (Å²) in [6, 6.07) is 7.79. The molecule has 0 spiro atoms. The number of nitro groups is 1. The van der Waals surface area contributed by atoms with Crippen molar-refractivity contribution in [3.63, 3.8) is 0 Å². The highest BCUT2D eigenvalue weighted by Gasteiger charge is 2.24. The third kappa shape index (κ3) is 4.69. The predicted molar refractivity (Wildman–Crippen MR) is 114 cm³/mol. The third-order valence-electron chi connectivity index (χ3n) is 5.03. The summed E-state index contributed by atoms with van der Waals surface area (Å²) in [7, 11) is 0. The SMILES string of the molecule is O=C(Nc1ncc(Cc2ccc(F)cc2F)s1)c1ccc(N2CCCC2)c([N+](=O)[O-])c1. The zero-order chi connectivity index (χ0) is 22.0. The highest BCUT2D eigenvalue weighted by molar-refractivity contribution is 7.15. The molecule has 1 aliphatic rings. The largest absolute Gasteiger partial charge is 0.366 e. The molecule has 1 fully saturated rings. The van der Waals surface area contributed by atoms with Crippen LogP contribution in [0.3, 0.4) is 0 Å². The molecule has 1 aliphatic heterocycles. The molecule has 4 rings (SSSR count). The van der Waals surface area contributed by atoms with Gasteiger partial charge in [-0.3, -0.25) is 20.2 Å². The number of rotatable bonds is 6. The lowest BCUT2D eigenvalue weighted by atomic mass is 10.1. The number of benzene rings is 2. The van der Waals surface area contributed by atoms with Crippen LogP contribution >= 0.6 is 11.3 Å². The van der Waals surface area contributed by atoms with Gasteiger partial charge in [0.1, 0.15) is 17.3 Å². The topological polar surface area (TPSA) is 88.4 Å². The van der Waals surface area contributed by atoms with Gasteiger partial charge >= 0.3 is 0 Å². The van der Waals surface area contributed by atoms with Crippen LogP contribution in [0.1, 0.15) is 33.6 Å². The second-order valence-corrected chi connectivity index (χ2v) is 8.27. The average Bonchev–Trinajstić information content (AvgIpc) is 3.42. The summed E-state index contributed by atoms with van der Waals surface area (Å²) in [5.41, 5.74) is 0.866. The Hall–Kier alpha value is -3.40. The first-order valence-corrected chi connectivity index (χ1v) is 10.5. The number of nitrogens with one attached hydrogen (secondary N) is 1. The fourth-order valence-electron chi connectivity index (χ4n) is 3.51. The van der Waals surface area contributed by atoms with Gasteiger partial charge in [-0.25, -0.2) is 13.8 Å². The molecule has 2 aromatic carbocycles. The number of carbonyl (C=O) groups excluding carboxylic acids is 1. The fraction of sp³-hybridized carbons (Fsp3) is 0.238. The number of nitro benzene ring substituents is 1. The van der Waals surface area contributed by atoms with Gasteiger partial charge in [0.2, 0.25) is 0 Å². The minimum Gasteiger partial charge on any atom is -0.366 e. The molecular formula is C21H18F2N4O3S. The van der Waals surface area contributed by atoms with E-state index in [2.05, 4.69) is 10.3 Å². The summed E-state index contributed by atoms with van der Waals surface area (Å²) in [5, 5.41) is 14.4. The van der Waals surface area contributed by atoms with E-state index in [1.54, 1.807) is 12.1 Å². The molecular weight excluding hydrogens is 426 g/mol. The van der Waals surface area contributed by atoms with E-state index in [1.165, 1.54) is 24.4 Å². The Morgan fingerprint density at radius 3 is 2.68 bits per heavy atom. The Bertz CT molecular complexity index is 1150. The lowest BCUT2D eigenvalue weighted by Gasteiger charge is -2.17. The van der Waals surface area contributed by atoms with Crippen molar-refractivity contribution in [2.45, 2.75) is 19.3 Å². The van der Waals surface area contributed by atoms with E-state index in [1.807, 2.05) is 4.90 Å². The van der Waals surface area contributed by atoms with Crippen LogP contribution in [-0.4, -0.2) is 28.9 Å². The molecule has 31 heavy (non-hydrogen) atoms. The predicted octanol–water partition coefficient (Wildman–Crippen LogP) is 4.77. The maximum absolute atomic E-state index is 13.8. The summed E-state index contributed by atoms with van der Waals surface area (Å²) in [4.78, 5) is 30.4. The second kappa shape index (κ2) is 8.76. The van der Waals surface area contributed by atoms with Crippen LogP contribution in [0.5, 0.6) is 0 Å². The number of amides is 1. The summed E-state index contributed by atoms with van der Waals surface area (Å²) in [6.45, 7) is 1.51. The van der Waals surface area contributed by atoms with Gasteiger partial charge in [-0.2, -0.15) is 0 Å². The maximum atomic E-state index is 13.8. The molecule has 1 aromatic heterocycles. The van der Waals surface area contributed by atoms with Gasteiger partial charge < -0.3 is 4.90 Å². The second-order valence-electron chi connectivity index (χ2n) is 7.15. The Morgan fingerprint density at radius 2 is 1.97 bits per heavy atom. The molecule has 0 atom stereocenters. The molecule has 0 saturated carbocycles. The highest BCUT2D eigenvalue weighted by atomic mass is 32.1. The van der Waals surface area contributed by atoms with Gasteiger partial charge in [-0.15, -0.1) is 11.3 Å². The molecule has 7 nitrogen and oxygen atoms in total. The quantitative estimate of drug-likeness (QED) is 0.437. The van der Waals surface area contributed by atoms with Crippen LogP contribution in [0.4, 0.5) is 25.3 Å². The van der Waals surface area contributed by atoms with E-state index in [4.69, 9.17) is 0 Å². The zero-order valence-corrected chi connectivity index (χ0v) is 17.1. The maximum Gasteiger partial charge on any atom is 0.293 e. The molecule has 2 heterocycles. The van der Waals surface area contributed by atoms with Crippen molar-refractivity contribution in [1.29, 1.82) is 0 Å². The van der Waals surface area contributed by atoms with Crippen molar-refractivity contribution in [2.75, 3.05) is 23.3 Å². The Kier molecular flexibility index (Phi) is 5.90. The summed E-state index contributed by atoms with van der Waals surface area (Å²) in [6.07, 6.45) is 3.67. The molecule has 10 heteroatoms. The monoisotopic (exact) mass is 444 g/mol. The van der Waals surface area contributed by atoms with E-state index in [0.717, 1.165) is 43.3 Å². The van der Waals surface area contributed by atoms with Gasteiger partial charge in [0, 0.05) is 48.3 Å². The average molecular weight is 444 g/mol. The standard InChI is InChI=1S/C21H18F2N4O3S/c22-15-5-3-13(17(23)11-15)9-16-12-24-21(31-16)25-20(28)14-4-6-18(19(10-14)27(29)30)26-7-1-2-8-26/h3-6,10-12H,1-2,7-9H2,(H,24,25,28). The molecule has 0 bridgehead atoms. The van der Waals surface area contributed by atoms with Crippen molar-refractivity contribution in [2.24, 2.45) is 0 Å². The summed E-state index contributed by atoms with van der Waals surface area (Å²) < 4.78 is 26.9. The van der Waals surface area contributed by atoms with Crippen molar-refractivity contribution < 1.29 is 18.5 Å². The van der Waals surface area contributed by atoms with E-state index < -0.39 is 22.5 Å². The van der Waals surface area contributed by atoms with Gasteiger partial charge in [-0.1, -0.05) is 6.07 Å². The fourth-order valence-corrected chi connectivity index (χ4v) is 4.34. The van der Waals surface area contributed by atoms with Crippen LogP contribution in [-0.2, 0) is 6.42 Å². The molecule has 1 saturated heterocycles. The van der Waals surface area contributed by atoms with Gasteiger partial charge in [0.25, 0.3) is 11.6 Å². The van der Waals surface area contributed by atoms with Crippen molar-refractivity contribution in [3.8, 4) is 0 Å². The Morgan fingerprint density at radius 1 is 1.19 bits per heavy atom. The molecule has 0 aliphatic carbocycles. The van der Waals surface area contributed by atoms with Crippen LogP contribution < -0.4 is 10.2 Å². The van der Waals surface area contributed by atoms with Crippen LogP contribution in [0, 0.1) is 21.7 Å². The minimum atomic E-state index is -0.650. The van der Waals surface area contributed by atoms with Crippen molar-refractivity contribution in [1.82, 2.24) is 4.98 Å². The molecule has 0 unspecified atom stereocenters. The molecule has 0 radical (unpaired) electrons. The summed E-state index contributed by atoms with van der Waals surface area (Å²) in [5.74, 6) is -1.82.